The Labute approximate surface area is 116 Å². The van der Waals surface area contributed by atoms with Gasteiger partial charge in [-0.1, -0.05) is 0 Å². The molecule has 104 valence electrons. The van der Waals surface area contributed by atoms with Crippen LogP contribution in [-0.4, -0.2) is 24.9 Å². The molecule has 0 aliphatic rings. The molecule has 2 aromatic rings. The van der Waals surface area contributed by atoms with Crippen molar-refractivity contribution in [3.63, 3.8) is 0 Å². The summed E-state index contributed by atoms with van der Waals surface area (Å²) in [6.07, 6.45) is 3.02. The summed E-state index contributed by atoms with van der Waals surface area (Å²) in [7, 11) is -2.09. The van der Waals surface area contributed by atoms with Crippen molar-refractivity contribution in [1.82, 2.24) is 4.31 Å². The normalized spacial score (nSPS) is 12.2. The van der Waals surface area contributed by atoms with E-state index in [2.05, 4.69) is 0 Å². The van der Waals surface area contributed by atoms with Crippen LogP contribution in [0.1, 0.15) is 16.0 Å². The van der Waals surface area contributed by atoms with E-state index >= 15 is 0 Å². The van der Waals surface area contributed by atoms with E-state index in [0.29, 0.717) is 10.4 Å². The molecule has 0 unspecified atom stereocenters. The van der Waals surface area contributed by atoms with Crippen LogP contribution in [0, 0.1) is 6.92 Å². The molecule has 0 spiro atoms. The van der Waals surface area contributed by atoms with Crippen LogP contribution in [0.5, 0.6) is 0 Å². The number of furan rings is 1. The Morgan fingerprint density at radius 1 is 1.47 bits per heavy atom. The van der Waals surface area contributed by atoms with Crippen LogP contribution >= 0.6 is 11.3 Å². The third-order valence-electron chi connectivity index (χ3n) is 2.79. The van der Waals surface area contributed by atoms with Crippen LogP contribution in [-0.2, 0) is 23.2 Å². The number of hydrogen-bond donors (Lipinski definition) is 1. The van der Waals surface area contributed by atoms with Crippen LogP contribution in [0.25, 0.3) is 0 Å². The van der Waals surface area contributed by atoms with Crippen LogP contribution < -0.4 is 0 Å². The third kappa shape index (κ3) is 2.74. The summed E-state index contributed by atoms with van der Waals surface area (Å²) < 4.78 is 31.2. The highest BCUT2D eigenvalue weighted by Gasteiger charge is 2.27. The van der Waals surface area contributed by atoms with Gasteiger partial charge in [0.05, 0.1) is 24.0 Å². The molecule has 2 aromatic heterocycles. The first-order valence-corrected chi connectivity index (χ1v) is 7.94. The standard InChI is InChI=1S/C12H15NO4S2/c1-9-8-18-11(6-14)12(9)19(15,16)13(2)5-10-3-4-17-7-10/h3-4,7-8,14H,5-6H2,1-2H3. The molecular formula is C12H15NO4S2. The lowest BCUT2D eigenvalue weighted by Gasteiger charge is -2.17. The summed E-state index contributed by atoms with van der Waals surface area (Å²) in [5.41, 5.74) is 1.44. The van der Waals surface area contributed by atoms with Crippen LogP contribution in [0.3, 0.4) is 0 Å². The van der Waals surface area contributed by atoms with Gasteiger partial charge in [0.15, 0.2) is 0 Å². The molecule has 5 nitrogen and oxygen atoms in total. The summed E-state index contributed by atoms with van der Waals surface area (Å²) in [6, 6.07) is 1.72. The van der Waals surface area contributed by atoms with Gasteiger partial charge in [0.1, 0.15) is 4.90 Å². The minimum atomic E-state index is -3.60. The first-order chi connectivity index (χ1) is 8.96. The number of sulfonamides is 1. The van der Waals surface area contributed by atoms with E-state index in [-0.39, 0.29) is 18.0 Å². The van der Waals surface area contributed by atoms with Crippen molar-refractivity contribution in [3.8, 4) is 0 Å². The molecule has 0 saturated carbocycles. The van der Waals surface area contributed by atoms with Gasteiger partial charge in [0, 0.05) is 19.2 Å². The number of nitrogens with zero attached hydrogens (tertiary/aromatic N) is 1. The molecule has 7 heteroatoms. The zero-order valence-electron chi connectivity index (χ0n) is 10.7. The van der Waals surface area contributed by atoms with E-state index in [4.69, 9.17) is 4.42 Å². The molecule has 0 saturated heterocycles. The van der Waals surface area contributed by atoms with Crippen LogP contribution in [0.15, 0.2) is 33.3 Å². The van der Waals surface area contributed by atoms with Gasteiger partial charge < -0.3 is 9.52 Å². The predicted molar refractivity (Wildman–Crippen MR) is 72.3 cm³/mol. The van der Waals surface area contributed by atoms with Crippen LogP contribution in [0.2, 0.25) is 0 Å². The number of aryl methyl sites for hydroxylation is 1. The average molecular weight is 301 g/mol. The first kappa shape index (κ1) is 14.3. The second-order valence-corrected chi connectivity index (χ2v) is 7.17. The van der Waals surface area contributed by atoms with E-state index in [1.165, 1.54) is 35.2 Å². The summed E-state index contributed by atoms with van der Waals surface area (Å²) >= 11 is 1.25. The monoisotopic (exact) mass is 301 g/mol. The zero-order valence-corrected chi connectivity index (χ0v) is 12.3. The molecule has 0 aromatic carbocycles. The molecule has 1 N–H and O–H groups in total. The van der Waals surface area contributed by atoms with Crippen LogP contribution in [0.4, 0.5) is 0 Å². The summed E-state index contributed by atoms with van der Waals surface area (Å²) in [4.78, 5) is 0.683. The fraction of sp³-hybridized carbons (Fsp3) is 0.333. The largest absolute Gasteiger partial charge is 0.472 e. The van der Waals surface area contributed by atoms with E-state index < -0.39 is 10.0 Å². The maximum absolute atomic E-state index is 12.5. The first-order valence-electron chi connectivity index (χ1n) is 5.62. The van der Waals surface area contributed by atoms with Gasteiger partial charge in [-0.25, -0.2) is 8.42 Å². The van der Waals surface area contributed by atoms with Gasteiger partial charge in [0.25, 0.3) is 0 Å². The second-order valence-electron chi connectivity index (χ2n) is 4.22. The summed E-state index contributed by atoms with van der Waals surface area (Å²) in [5, 5.41) is 11.0. The molecule has 2 heterocycles. The maximum Gasteiger partial charge on any atom is 0.244 e. The quantitative estimate of drug-likeness (QED) is 0.916. The Balaban J connectivity index is 2.33. The SMILES string of the molecule is Cc1csc(CO)c1S(=O)(=O)N(C)Cc1ccoc1. The minimum absolute atomic E-state index is 0.214. The Kier molecular flexibility index (Phi) is 4.10. The highest BCUT2D eigenvalue weighted by atomic mass is 32.2. The van der Waals surface area contributed by atoms with Gasteiger partial charge in [-0.15, -0.1) is 11.3 Å². The summed E-state index contributed by atoms with van der Waals surface area (Å²) in [6.45, 7) is 1.69. The number of aliphatic hydroxyl groups excluding tert-OH is 1. The van der Waals surface area contributed by atoms with Crippen molar-refractivity contribution >= 4 is 21.4 Å². The summed E-state index contributed by atoms with van der Waals surface area (Å²) in [5.74, 6) is 0. The number of hydrogen-bond acceptors (Lipinski definition) is 5. The van der Waals surface area contributed by atoms with Gasteiger partial charge >= 0.3 is 0 Å². The van der Waals surface area contributed by atoms with Crippen molar-refractivity contribution < 1.29 is 17.9 Å². The Hall–Kier alpha value is -1.15. The van der Waals surface area contributed by atoms with Crippen molar-refractivity contribution in [2.45, 2.75) is 25.0 Å². The van der Waals surface area contributed by atoms with E-state index in [1.54, 1.807) is 18.4 Å². The molecule has 0 aliphatic heterocycles. The molecular weight excluding hydrogens is 286 g/mol. The molecule has 2 rings (SSSR count). The predicted octanol–water partition coefficient (Wildman–Crippen LogP) is 1.96. The van der Waals surface area contributed by atoms with E-state index in [1.807, 2.05) is 0 Å². The third-order valence-corrected chi connectivity index (χ3v) is 6.04. The minimum Gasteiger partial charge on any atom is -0.472 e. The topological polar surface area (TPSA) is 70.8 Å². The zero-order chi connectivity index (χ0) is 14.0. The average Bonchev–Trinajstić information content (AvgIpc) is 2.98. The van der Waals surface area contributed by atoms with Crippen molar-refractivity contribution in [3.05, 3.63) is 40.0 Å². The highest BCUT2D eigenvalue weighted by molar-refractivity contribution is 7.89. The molecule has 0 atom stereocenters. The van der Waals surface area contributed by atoms with E-state index in [9.17, 15) is 13.5 Å². The van der Waals surface area contributed by atoms with Crippen molar-refractivity contribution in [2.75, 3.05) is 7.05 Å². The fourth-order valence-electron chi connectivity index (χ4n) is 1.82. The molecule has 0 amide bonds. The number of aliphatic hydroxyl groups is 1. The Morgan fingerprint density at radius 2 is 2.21 bits per heavy atom. The highest BCUT2D eigenvalue weighted by Crippen LogP contribution is 2.29. The smallest absolute Gasteiger partial charge is 0.244 e. The Bertz CT molecular complexity index is 643. The molecule has 19 heavy (non-hydrogen) atoms. The molecule has 0 aliphatic carbocycles. The molecule has 0 fully saturated rings. The number of rotatable bonds is 5. The van der Waals surface area contributed by atoms with Gasteiger partial charge in [-0.3, -0.25) is 0 Å². The molecule has 0 bridgehead atoms. The lowest BCUT2D eigenvalue weighted by Crippen LogP contribution is -2.27. The van der Waals surface area contributed by atoms with Crippen molar-refractivity contribution in [2.24, 2.45) is 0 Å². The maximum atomic E-state index is 12.5. The van der Waals surface area contributed by atoms with Crippen molar-refractivity contribution in [1.29, 1.82) is 0 Å². The Morgan fingerprint density at radius 3 is 2.79 bits per heavy atom. The van der Waals surface area contributed by atoms with Gasteiger partial charge in [-0.05, 0) is 23.9 Å². The second kappa shape index (κ2) is 5.46. The van der Waals surface area contributed by atoms with E-state index in [0.717, 1.165) is 5.56 Å². The lowest BCUT2D eigenvalue weighted by molar-refractivity contribution is 0.282. The molecule has 0 radical (unpaired) electrons. The lowest BCUT2D eigenvalue weighted by atomic mass is 10.3. The van der Waals surface area contributed by atoms with Gasteiger partial charge in [0.2, 0.25) is 10.0 Å². The fourth-order valence-corrected chi connectivity index (χ4v) is 4.59. The number of thiophene rings is 1. The van der Waals surface area contributed by atoms with Gasteiger partial charge in [-0.2, -0.15) is 4.31 Å².